The first-order chi connectivity index (χ1) is 9.30. The molecule has 2 rings (SSSR count). The Kier molecular flexibility index (Phi) is 4.37. The van der Waals surface area contributed by atoms with Crippen molar-refractivity contribution in [1.29, 1.82) is 0 Å². The summed E-state index contributed by atoms with van der Waals surface area (Å²) in [6.45, 7) is 4.24. The Morgan fingerprint density at radius 3 is 2.60 bits per heavy atom. The molecule has 0 spiro atoms. The van der Waals surface area contributed by atoms with E-state index in [4.69, 9.17) is 5.73 Å². The van der Waals surface area contributed by atoms with Gasteiger partial charge in [0.05, 0.1) is 5.56 Å². The Balaban J connectivity index is 2.34. The lowest BCUT2D eigenvalue weighted by Gasteiger charge is -2.37. The number of aromatic nitrogens is 1. The summed E-state index contributed by atoms with van der Waals surface area (Å²) in [5, 5.41) is 0. The molecular formula is C15H21F3N2. The van der Waals surface area contributed by atoms with Crippen LogP contribution in [0.25, 0.3) is 0 Å². The van der Waals surface area contributed by atoms with Gasteiger partial charge >= 0.3 is 6.18 Å². The first kappa shape index (κ1) is 15.3. The van der Waals surface area contributed by atoms with Gasteiger partial charge in [0.15, 0.2) is 0 Å². The minimum absolute atomic E-state index is 0.213. The van der Waals surface area contributed by atoms with Gasteiger partial charge < -0.3 is 5.73 Å². The van der Waals surface area contributed by atoms with Crippen molar-refractivity contribution in [1.82, 2.24) is 4.98 Å². The van der Waals surface area contributed by atoms with Gasteiger partial charge in [-0.05, 0) is 42.7 Å². The fourth-order valence-electron chi connectivity index (χ4n) is 3.15. The second kappa shape index (κ2) is 5.72. The summed E-state index contributed by atoms with van der Waals surface area (Å²) < 4.78 is 39.4. The average molecular weight is 286 g/mol. The fraction of sp³-hybridized carbons (Fsp3) is 0.667. The van der Waals surface area contributed by atoms with E-state index in [1.54, 1.807) is 0 Å². The van der Waals surface area contributed by atoms with Crippen molar-refractivity contribution < 1.29 is 13.2 Å². The van der Waals surface area contributed by atoms with E-state index >= 15 is 0 Å². The molecule has 0 amide bonds. The molecule has 1 heterocycles. The summed E-state index contributed by atoms with van der Waals surface area (Å²) in [7, 11) is 0. The number of halogens is 3. The van der Waals surface area contributed by atoms with Crippen LogP contribution in [0.5, 0.6) is 0 Å². The van der Waals surface area contributed by atoms with Crippen molar-refractivity contribution in [3.8, 4) is 0 Å². The third kappa shape index (κ3) is 3.14. The van der Waals surface area contributed by atoms with E-state index in [-0.39, 0.29) is 17.5 Å². The molecule has 2 nitrogen and oxygen atoms in total. The standard InChI is InChI=1S/C15H21F3N2/c1-9(2)10-3-4-14(19)11(7-10)12-8-20-6-5-13(12)15(16,17)18/h5-6,8-11,14H,3-4,7,19H2,1-2H3. The number of nitrogens with two attached hydrogens (primary N) is 1. The maximum atomic E-state index is 13.1. The molecule has 1 aliphatic carbocycles. The van der Waals surface area contributed by atoms with Crippen molar-refractivity contribution in [2.75, 3.05) is 0 Å². The van der Waals surface area contributed by atoms with Gasteiger partial charge in [-0.25, -0.2) is 0 Å². The zero-order valence-electron chi connectivity index (χ0n) is 11.8. The number of alkyl halides is 3. The predicted octanol–water partition coefficient (Wildman–Crippen LogP) is 3.97. The van der Waals surface area contributed by atoms with Gasteiger partial charge in [0.2, 0.25) is 0 Å². The van der Waals surface area contributed by atoms with Gasteiger partial charge in [-0.1, -0.05) is 13.8 Å². The molecule has 0 aliphatic heterocycles. The third-order valence-corrected chi connectivity index (χ3v) is 4.44. The van der Waals surface area contributed by atoms with Crippen LogP contribution in [-0.2, 0) is 6.18 Å². The highest BCUT2D eigenvalue weighted by Crippen LogP contribution is 2.42. The Morgan fingerprint density at radius 1 is 1.30 bits per heavy atom. The summed E-state index contributed by atoms with van der Waals surface area (Å²) >= 11 is 0. The van der Waals surface area contributed by atoms with Crippen LogP contribution >= 0.6 is 0 Å². The van der Waals surface area contributed by atoms with Crippen molar-refractivity contribution in [2.45, 2.75) is 51.2 Å². The van der Waals surface area contributed by atoms with Gasteiger partial charge in [0.25, 0.3) is 0 Å². The molecule has 3 atom stereocenters. The molecule has 5 heteroatoms. The Morgan fingerprint density at radius 2 is 2.00 bits per heavy atom. The second-order valence-electron chi connectivity index (χ2n) is 6.05. The SMILES string of the molecule is CC(C)C1CCC(N)C(c2cnccc2C(F)(F)F)C1. The van der Waals surface area contributed by atoms with E-state index in [0.29, 0.717) is 18.3 Å². The molecule has 1 fully saturated rings. The first-order valence-electron chi connectivity index (χ1n) is 7.07. The summed E-state index contributed by atoms with van der Waals surface area (Å²) in [5.41, 5.74) is 5.77. The van der Waals surface area contributed by atoms with E-state index in [1.807, 2.05) is 0 Å². The van der Waals surface area contributed by atoms with Crippen molar-refractivity contribution in [3.05, 3.63) is 29.6 Å². The lowest BCUT2D eigenvalue weighted by molar-refractivity contribution is -0.138. The molecule has 0 aromatic carbocycles. The summed E-state index contributed by atoms with van der Waals surface area (Å²) in [6, 6.07) is 0.844. The molecule has 1 aromatic heterocycles. The van der Waals surface area contributed by atoms with Crippen LogP contribution in [0.15, 0.2) is 18.5 Å². The number of rotatable bonds is 2. The molecule has 1 aliphatic rings. The highest BCUT2D eigenvalue weighted by molar-refractivity contribution is 5.31. The van der Waals surface area contributed by atoms with Crippen LogP contribution < -0.4 is 5.73 Å². The van der Waals surface area contributed by atoms with Crippen LogP contribution in [0.2, 0.25) is 0 Å². The molecule has 1 saturated carbocycles. The molecule has 0 bridgehead atoms. The minimum Gasteiger partial charge on any atom is -0.327 e. The van der Waals surface area contributed by atoms with Crippen LogP contribution in [0.4, 0.5) is 13.2 Å². The molecule has 0 saturated heterocycles. The summed E-state index contributed by atoms with van der Waals surface area (Å²) in [5.74, 6) is 0.651. The number of nitrogens with zero attached hydrogens (tertiary/aromatic N) is 1. The third-order valence-electron chi connectivity index (χ3n) is 4.44. The lowest BCUT2D eigenvalue weighted by Crippen LogP contribution is -2.37. The van der Waals surface area contributed by atoms with Gasteiger partial charge in [0, 0.05) is 24.4 Å². The van der Waals surface area contributed by atoms with Crippen LogP contribution in [0.3, 0.4) is 0 Å². The Hall–Kier alpha value is -1.10. The van der Waals surface area contributed by atoms with Crippen LogP contribution in [0.1, 0.15) is 50.2 Å². The van der Waals surface area contributed by atoms with E-state index in [1.165, 1.54) is 12.4 Å². The van der Waals surface area contributed by atoms with Crippen molar-refractivity contribution >= 4 is 0 Å². The number of hydrogen-bond donors (Lipinski definition) is 1. The largest absolute Gasteiger partial charge is 0.416 e. The molecule has 112 valence electrons. The average Bonchev–Trinajstić information content (AvgIpc) is 2.38. The summed E-state index contributed by atoms with van der Waals surface area (Å²) in [4.78, 5) is 3.88. The lowest BCUT2D eigenvalue weighted by atomic mass is 9.71. The Labute approximate surface area is 117 Å². The van der Waals surface area contributed by atoms with Gasteiger partial charge in [0.1, 0.15) is 0 Å². The maximum Gasteiger partial charge on any atom is 0.416 e. The van der Waals surface area contributed by atoms with Crippen molar-refractivity contribution in [2.24, 2.45) is 17.6 Å². The van der Waals surface area contributed by atoms with Gasteiger partial charge in [-0.2, -0.15) is 13.2 Å². The van der Waals surface area contributed by atoms with E-state index < -0.39 is 11.7 Å². The molecule has 0 radical (unpaired) electrons. The fourth-order valence-corrected chi connectivity index (χ4v) is 3.15. The topological polar surface area (TPSA) is 38.9 Å². The zero-order chi connectivity index (χ0) is 14.9. The molecule has 20 heavy (non-hydrogen) atoms. The van der Waals surface area contributed by atoms with E-state index in [9.17, 15) is 13.2 Å². The smallest absolute Gasteiger partial charge is 0.327 e. The zero-order valence-corrected chi connectivity index (χ0v) is 11.8. The molecule has 2 N–H and O–H groups in total. The van der Waals surface area contributed by atoms with E-state index in [0.717, 1.165) is 18.9 Å². The molecular weight excluding hydrogens is 265 g/mol. The first-order valence-corrected chi connectivity index (χ1v) is 7.07. The Bertz CT molecular complexity index is 457. The predicted molar refractivity (Wildman–Crippen MR) is 72.1 cm³/mol. The quantitative estimate of drug-likeness (QED) is 0.893. The summed E-state index contributed by atoms with van der Waals surface area (Å²) in [6.07, 6.45) is 0.684. The van der Waals surface area contributed by atoms with Crippen LogP contribution in [-0.4, -0.2) is 11.0 Å². The number of hydrogen-bond acceptors (Lipinski definition) is 2. The molecule has 1 aromatic rings. The van der Waals surface area contributed by atoms with Crippen molar-refractivity contribution in [3.63, 3.8) is 0 Å². The highest BCUT2D eigenvalue weighted by atomic mass is 19.4. The maximum absolute atomic E-state index is 13.1. The number of pyridine rings is 1. The molecule has 3 unspecified atom stereocenters. The van der Waals surface area contributed by atoms with E-state index in [2.05, 4.69) is 18.8 Å². The van der Waals surface area contributed by atoms with Crippen LogP contribution in [0, 0.1) is 11.8 Å². The monoisotopic (exact) mass is 286 g/mol. The minimum atomic E-state index is -4.34. The van der Waals surface area contributed by atoms with Gasteiger partial charge in [-0.3, -0.25) is 4.98 Å². The van der Waals surface area contributed by atoms with Gasteiger partial charge in [-0.15, -0.1) is 0 Å². The second-order valence-corrected chi connectivity index (χ2v) is 6.05. The highest BCUT2D eigenvalue weighted by Gasteiger charge is 2.39. The normalized spacial score (nSPS) is 27.9.